The smallest absolute Gasteiger partial charge is 0.870 e. The van der Waals surface area contributed by atoms with Gasteiger partial charge in [0, 0.05) is 16.6 Å². The third-order valence-corrected chi connectivity index (χ3v) is 7.53. The molecule has 0 fully saturated rings. The van der Waals surface area contributed by atoms with Crippen LogP contribution in [0.5, 0.6) is 11.5 Å². The van der Waals surface area contributed by atoms with Crippen molar-refractivity contribution in [1.29, 1.82) is 0 Å². The van der Waals surface area contributed by atoms with Gasteiger partial charge in [-0.15, -0.1) is 5.11 Å². The van der Waals surface area contributed by atoms with Crippen molar-refractivity contribution < 1.29 is 57.2 Å². The molecule has 4 rings (SSSR count). The fourth-order valence-corrected chi connectivity index (χ4v) is 5.47. The molecule has 1 amide bonds. The Kier molecular flexibility index (Phi) is 10.6. The van der Waals surface area contributed by atoms with E-state index in [2.05, 4.69) is 15.5 Å². The monoisotopic (exact) mass is 609 g/mol. The number of benzene rings is 4. The predicted molar refractivity (Wildman–Crippen MR) is 149 cm³/mol. The van der Waals surface area contributed by atoms with Crippen LogP contribution in [-0.4, -0.2) is 25.5 Å². The summed E-state index contributed by atoms with van der Waals surface area (Å²) in [6.45, 7) is 4.00. The van der Waals surface area contributed by atoms with Crippen LogP contribution in [0.3, 0.4) is 0 Å². The first-order valence-corrected chi connectivity index (χ1v) is 13.9. The first-order chi connectivity index (χ1) is 18.5. The Labute approximate surface area is 263 Å². The molecule has 0 unspecified atom stereocenters. The van der Waals surface area contributed by atoms with Crippen LogP contribution < -0.4 is 44.7 Å². The molecule has 0 saturated heterocycles. The van der Waals surface area contributed by atoms with Crippen molar-refractivity contribution in [2.75, 3.05) is 11.9 Å². The summed E-state index contributed by atoms with van der Waals surface area (Å²) < 4.78 is 39.3. The van der Waals surface area contributed by atoms with Gasteiger partial charge in [0.1, 0.15) is 16.3 Å². The summed E-state index contributed by atoms with van der Waals surface area (Å²) in [5, 5.41) is 25.1. The zero-order valence-electron chi connectivity index (χ0n) is 21.7. The number of nitrogens with one attached hydrogen (secondary N) is 1. The molecule has 2 N–H and O–H groups in total. The van der Waals surface area contributed by atoms with Crippen LogP contribution in [0.4, 0.5) is 17.1 Å². The fourth-order valence-electron chi connectivity index (χ4n) is 3.91. The number of hydrogen-bond donors (Lipinski definition) is 2. The molecular weight excluding hydrogens is 588 g/mol. The maximum absolute atomic E-state index is 13.4. The number of azo groups is 1. The Bertz CT molecular complexity index is 1730. The summed E-state index contributed by atoms with van der Waals surface area (Å²) in [5.41, 5.74) is 0.142. The third-order valence-electron chi connectivity index (χ3n) is 5.76. The number of rotatable bonds is 8. The van der Waals surface area contributed by atoms with Gasteiger partial charge in [-0.1, -0.05) is 66.2 Å². The second-order valence-electron chi connectivity index (χ2n) is 8.27. The van der Waals surface area contributed by atoms with E-state index in [0.717, 1.165) is 0 Å². The number of nitrogens with zero attached hydrogens (tertiary/aromatic N) is 2. The Morgan fingerprint density at radius 1 is 1.05 bits per heavy atom. The Morgan fingerprint density at radius 2 is 1.77 bits per heavy atom. The number of carbonyl (C=O) groups is 1. The molecule has 202 valence electrons. The number of ether oxygens (including phenoxy) is 1. The molecule has 0 aliphatic rings. The van der Waals surface area contributed by atoms with Crippen molar-refractivity contribution in [2.45, 2.75) is 25.2 Å². The van der Waals surface area contributed by atoms with Crippen molar-refractivity contribution in [3.05, 3.63) is 81.8 Å². The third kappa shape index (κ3) is 6.77. The molecule has 0 bridgehead atoms. The van der Waals surface area contributed by atoms with E-state index in [0.29, 0.717) is 40.8 Å². The van der Waals surface area contributed by atoms with Gasteiger partial charge in [0.05, 0.1) is 22.3 Å². The second kappa shape index (κ2) is 13.3. The van der Waals surface area contributed by atoms with E-state index >= 15 is 0 Å². The van der Waals surface area contributed by atoms with Gasteiger partial charge in [0.25, 0.3) is 16.0 Å². The molecule has 0 atom stereocenters. The normalized spacial score (nSPS) is 11.4. The predicted octanol–water partition coefficient (Wildman–Crippen LogP) is 4.10. The number of hydrogen-bond acceptors (Lipinski definition) is 7. The molecule has 40 heavy (non-hydrogen) atoms. The van der Waals surface area contributed by atoms with Crippen molar-refractivity contribution in [2.24, 2.45) is 10.2 Å². The van der Waals surface area contributed by atoms with Crippen LogP contribution in [-0.2, 0) is 16.5 Å². The minimum Gasteiger partial charge on any atom is -0.870 e. The number of fused-ring (bicyclic) bond motifs is 1. The quantitative estimate of drug-likeness (QED) is 0.175. The topological polar surface area (TPSA) is 140 Å². The van der Waals surface area contributed by atoms with Gasteiger partial charge >= 0.3 is 29.6 Å². The molecule has 0 aliphatic heterocycles. The fraction of sp³-hybridized carbons (Fsp3) is 0.148. The summed E-state index contributed by atoms with van der Waals surface area (Å²) in [6, 6.07) is 15.7. The van der Waals surface area contributed by atoms with E-state index in [1.807, 2.05) is 6.92 Å². The SMILES string of the molecule is CCOc1ccc(NC(=O)c2cc3ccccc3c(N=Nc3ccc(CC)c(Cl)c3S(=O)(=O)O)c2[O-])cc1Cl.[Na+]. The maximum Gasteiger partial charge on any atom is 1.00 e. The van der Waals surface area contributed by atoms with Crippen molar-refractivity contribution in [3.63, 3.8) is 0 Å². The zero-order chi connectivity index (χ0) is 28.3. The molecule has 4 aromatic rings. The first-order valence-electron chi connectivity index (χ1n) is 11.7. The summed E-state index contributed by atoms with van der Waals surface area (Å²) in [7, 11) is -4.77. The minimum absolute atomic E-state index is 0. The van der Waals surface area contributed by atoms with Gasteiger partial charge in [-0.25, -0.2) is 0 Å². The summed E-state index contributed by atoms with van der Waals surface area (Å²) in [4.78, 5) is 12.5. The van der Waals surface area contributed by atoms with Crippen LogP contribution in [0.25, 0.3) is 10.8 Å². The van der Waals surface area contributed by atoms with Gasteiger partial charge < -0.3 is 15.2 Å². The molecule has 0 aliphatic carbocycles. The van der Waals surface area contributed by atoms with Crippen LogP contribution in [0.1, 0.15) is 29.8 Å². The van der Waals surface area contributed by atoms with Gasteiger partial charge in [-0.05, 0) is 54.6 Å². The average Bonchev–Trinajstić information content (AvgIpc) is 2.88. The molecule has 9 nitrogen and oxygen atoms in total. The first kappa shape index (κ1) is 31.8. The molecule has 13 heteroatoms. The van der Waals surface area contributed by atoms with Crippen LogP contribution in [0.2, 0.25) is 10.0 Å². The Balaban J connectivity index is 0.00000441. The van der Waals surface area contributed by atoms with E-state index in [9.17, 15) is 22.9 Å². The summed E-state index contributed by atoms with van der Waals surface area (Å²) >= 11 is 12.4. The van der Waals surface area contributed by atoms with E-state index in [-0.39, 0.29) is 56.5 Å². The summed E-state index contributed by atoms with van der Waals surface area (Å²) in [6.07, 6.45) is 0.408. The molecule has 0 saturated carbocycles. The number of carbonyl (C=O) groups excluding carboxylic acids is 1. The number of halogens is 2. The number of anilines is 1. The van der Waals surface area contributed by atoms with E-state index in [1.165, 1.54) is 18.2 Å². The average molecular weight is 610 g/mol. The number of amides is 1. The van der Waals surface area contributed by atoms with Gasteiger partial charge in [-0.3, -0.25) is 9.35 Å². The number of aryl methyl sites for hydroxylation is 1. The second-order valence-corrected chi connectivity index (χ2v) is 10.4. The van der Waals surface area contributed by atoms with Crippen LogP contribution in [0, 0.1) is 0 Å². The molecule has 0 heterocycles. The Morgan fingerprint density at radius 3 is 2.42 bits per heavy atom. The van der Waals surface area contributed by atoms with E-state index in [1.54, 1.807) is 49.4 Å². The molecule has 0 radical (unpaired) electrons. The zero-order valence-corrected chi connectivity index (χ0v) is 26.1. The molecule has 0 aromatic heterocycles. The van der Waals surface area contributed by atoms with E-state index in [4.69, 9.17) is 27.9 Å². The van der Waals surface area contributed by atoms with Gasteiger partial charge in [0.2, 0.25) is 0 Å². The van der Waals surface area contributed by atoms with Crippen LogP contribution >= 0.6 is 23.2 Å². The standard InChI is InChI=1S/C27H23Cl2N3O6S.Na/c1-3-15-9-11-21(26(23(15)29)39(35,36)37)31-32-24-18-8-6-5-7-16(18)13-19(25(24)33)27(34)30-17-10-12-22(38-4-2)20(28)14-17;/h5-14,33H,3-4H2,1-2H3,(H,30,34)(H,35,36,37);/q;+1/p-1. The Hall–Kier alpha value is -2.70. The van der Waals surface area contributed by atoms with Crippen molar-refractivity contribution >= 4 is 67.1 Å². The van der Waals surface area contributed by atoms with Crippen molar-refractivity contribution in [1.82, 2.24) is 0 Å². The van der Waals surface area contributed by atoms with Gasteiger partial charge in [-0.2, -0.15) is 13.5 Å². The van der Waals surface area contributed by atoms with Gasteiger partial charge in [0.15, 0.2) is 0 Å². The minimum atomic E-state index is -4.77. The van der Waals surface area contributed by atoms with Crippen LogP contribution in [0.15, 0.2) is 75.8 Å². The van der Waals surface area contributed by atoms with E-state index < -0.39 is 26.7 Å². The summed E-state index contributed by atoms with van der Waals surface area (Å²) in [5.74, 6) is -1.00. The molecule has 0 spiro atoms. The maximum atomic E-state index is 13.4. The molecule has 4 aromatic carbocycles. The van der Waals surface area contributed by atoms with Crippen molar-refractivity contribution in [3.8, 4) is 11.5 Å². The largest absolute Gasteiger partial charge is 1.00 e. The molecular formula is C27H22Cl2N3NaO6S.